The van der Waals surface area contributed by atoms with Gasteiger partial charge in [0.15, 0.2) is 0 Å². The van der Waals surface area contributed by atoms with Crippen LogP contribution in [0, 0.1) is 0 Å². The average Bonchev–Trinajstić information content (AvgIpc) is 0.918. The van der Waals surface area contributed by atoms with Crippen molar-refractivity contribution in [3.8, 4) is 0 Å². The molecule has 0 spiro atoms. The second kappa shape index (κ2) is 8.91. The molecule has 0 unspecified atom stereocenters. The van der Waals surface area contributed by atoms with Gasteiger partial charge in [0, 0.05) is 0 Å². The number of hydrogen-bond acceptors (Lipinski definition) is 0. The molecule has 0 fully saturated rings. The van der Waals surface area contributed by atoms with Crippen molar-refractivity contribution in [2.75, 3.05) is 0 Å². The molecule has 0 aromatic rings. The van der Waals surface area contributed by atoms with Crippen molar-refractivity contribution in [2.24, 2.45) is 0 Å². The van der Waals surface area contributed by atoms with Crippen LogP contribution in [-0.4, -0.2) is 25.6 Å². The molecule has 0 aromatic carbocycles. The first kappa shape index (κ1) is 9.42. The molecule has 0 saturated heterocycles. The topological polar surface area (TPSA) is 0 Å². The van der Waals surface area contributed by atoms with Crippen molar-refractivity contribution in [1.82, 2.24) is 0 Å². The third-order valence-corrected chi connectivity index (χ3v) is 0. The van der Waals surface area contributed by atoms with Crippen LogP contribution >= 0.6 is 13.5 Å². The molecule has 0 atom stereocenters. The normalized spacial score (nSPS) is 3.00. The van der Waals surface area contributed by atoms with Gasteiger partial charge in [-0.1, -0.05) is 0 Å². The van der Waals surface area contributed by atoms with E-state index in [9.17, 15) is 0 Å². The van der Waals surface area contributed by atoms with Crippen LogP contribution in [0.4, 0.5) is 0 Å². The molecule has 0 saturated carbocycles. The Labute approximate surface area is 51.8 Å². The first-order valence-corrected chi connectivity index (χ1v) is 10.2. The summed E-state index contributed by atoms with van der Waals surface area (Å²) >= 11 is 5.98. The fraction of sp³-hybridized carbons (Fsp3) is 0. The second-order valence-electron chi connectivity index (χ2n) is 0.0680. The molecule has 26 valence electrons. The molecular formula is H2MoSSe2. The Bertz CT molecular complexity index is 27.0. The van der Waals surface area contributed by atoms with E-state index in [2.05, 4.69) is 25.6 Å². The molecule has 4 heavy (non-hydrogen) atoms. The van der Waals surface area contributed by atoms with E-state index >= 15 is 0 Å². The number of hydrogen-bond donors (Lipinski definition) is 0. The van der Waals surface area contributed by atoms with Gasteiger partial charge in [-0.2, -0.15) is 13.5 Å². The third kappa shape index (κ3) is 8.95. The molecule has 4 heteroatoms. The van der Waals surface area contributed by atoms with E-state index in [1.807, 2.05) is 0 Å². The zero-order valence-electron chi connectivity index (χ0n) is 1.72. The van der Waals surface area contributed by atoms with Gasteiger partial charge in [0.25, 0.3) is 0 Å². The Morgan fingerprint density at radius 3 is 1.25 bits per heavy atom. The van der Waals surface area contributed by atoms with Gasteiger partial charge in [-0.15, -0.1) is 0 Å². The summed E-state index contributed by atoms with van der Waals surface area (Å²) in [5.74, 6) is 0. The summed E-state index contributed by atoms with van der Waals surface area (Å²) in [4.78, 5) is 0. The quantitative estimate of drug-likeness (QED) is 0.520. The Balaban J connectivity index is 0. The van der Waals surface area contributed by atoms with E-state index in [-0.39, 0.29) is 26.8 Å². The van der Waals surface area contributed by atoms with Crippen LogP contribution in [0.15, 0.2) is 0 Å². The molecule has 0 aliphatic carbocycles. The van der Waals surface area contributed by atoms with Gasteiger partial charge in [0.2, 0.25) is 0 Å². The summed E-state index contributed by atoms with van der Waals surface area (Å²) in [6, 6.07) is 0. The summed E-state index contributed by atoms with van der Waals surface area (Å²) in [7, 11) is 0. The van der Waals surface area contributed by atoms with Crippen molar-refractivity contribution in [2.45, 2.75) is 0 Å². The van der Waals surface area contributed by atoms with Gasteiger partial charge in [0.05, 0.1) is 0 Å². The van der Waals surface area contributed by atoms with Crippen molar-refractivity contribution in [1.29, 1.82) is 0 Å². The van der Waals surface area contributed by atoms with Gasteiger partial charge in [-0.05, 0) is 0 Å². The van der Waals surface area contributed by atoms with Crippen molar-refractivity contribution in [3.63, 3.8) is 0 Å². The predicted molar refractivity (Wildman–Crippen MR) is 21.9 cm³/mol. The van der Waals surface area contributed by atoms with Crippen molar-refractivity contribution in [3.05, 3.63) is 0 Å². The third-order valence-electron chi connectivity index (χ3n) is 0. The summed E-state index contributed by atoms with van der Waals surface area (Å²) in [5.41, 5.74) is 0. The van der Waals surface area contributed by atoms with Gasteiger partial charge >= 0.3 is 38.9 Å². The molecule has 0 amide bonds. The van der Waals surface area contributed by atoms with Gasteiger partial charge in [-0.25, -0.2) is 0 Å². The Kier molecular flexibility index (Phi) is 21.0. The molecular weight excluding hydrogens is 286 g/mol. The Morgan fingerprint density at radius 2 is 1.25 bits per heavy atom. The Hall–Kier alpha value is 2.08. The van der Waals surface area contributed by atoms with Crippen LogP contribution in [0.25, 0.3) is 0 Å². The molecule has 0 heterocycles. The maximum absolute atomic E-state index is 2.88. The molecule has 0 nitrogen and oxygen atoms in total. The zero-order valence-corrected chi connectivity index (χ0v) is 8.16. The summed E-state index contributed by atoms with van der Waals surface area (Å²) < 4.78 is 0. The van der Waals surface area contributed by atoms with Crippen LogP contribution in [-0.2, 0) is 13.3 Å². The van der Waals surface area contributed by atoms with E-state index in [4.69, 9.17) is 0 Å². The first-order valence-electron chi connectivity index (χ1n) is 0.333. The number of rotatable bonds is 0. The SMILES string of the molecule is S.[Se]=[Mo]=[Se]. The van der Waals surface area contributed by atoms with E-state index in [1.165, 1.54) is 0 Å². The van der Waals surface area contributed by atoms with Crippen LogP contribution in [0.2, 0.25) is 0 Å². The summed E-state index contributed by atoms with van der Waals surface area (Å²) in [6.07, 6.45) is 0. The fourth-order valence-electron chi connectivity index (χ4n) is 0. The predicted octanol–water partition coefficient (Wildman–Crippen LogP) is -0.651. The molecule has 0 aliphatic rings. The fourth-order valence-corrected chi connectivity index (χ4v) is 0. The molecule has 0 radical (unpaired) electrons. The molecule has 0 bridgehead atoms. The summed E-state index contributed by atoms with van der Waals surface area (Å²) in [5, 5.41) is 0. The Morgan fingerprint density at radius 1 is 1.25 bits per heavy atom. The standard InChI is InChI=1S/Mo.H2S.2Se/h;1H2;;. The monoisotopic (exact) mass is 292 g/mol. The van der Waals surface area contributed by atoms with Crippen molar-refractivity contribution < 1.29 is 13.3 Å². The molecule has 0 aliphatic heterocycles. The van der Waals surface area contributed by atoms with Gasteiger partial charge in [-0.3, -0.25) is 0 Å². The summed E-state index contributed by atoms with van der Waals surface area (Å²) in [6.45, 7) is 0. The maximum atomic E-state index is 2.88. The van der Waals surface area contributed by atoms with Crippen LogP contribution in [0.3, 0.4) is 0 Å². The average molecular weight is 288 g/mol. The molecule has 0 aromatic heterocycles. The zero-order chi connectivity index (χ0) is 2.71. The van der Waals surface area contributed by atoms with Crippen LogP contribution < -0.4 is 0 Å². The van der Waals surface area contributed by atoms with Gasteiger partial charge in [0.1, 0.15) is 0 Å². The van der Waals surface area contributed by atoms with Crippen LogP contribution in [0.1, 0.15) is 0 Å². The minimum atomic E-state index is 0. The second-order valence-corrected chi connectivity index (χ2v) is 10.9. The van der Waals surface area contributed by atoms with Crippen LogP contribution in [0.5, 0.6) is 0 Å². The minimum absolute atomic E-state index is 0. The van der Waals surface area contributed by atoms with Gasteiger partial charge < -0.3 is 0 Å². The van der Waals surface area contributed by atoms with E-state index in [0.717, 1.165) is 0 Å². The van der Waals surface area contributed by atoms with E-state index in [1.54, 1.807) is 0 Å². The molecule has 0 rings (SSSR count). The van der Waals surface area contributed by atoms with E-state index < -0.39 is 0 Å². The van der Waals surface area contributed by atoms with Crippen molar-refractivity contribution >= 4 is 39.1 Å². The van der Waals surface area contributed by atoms with E-state index in [0.29, 0.717) is 0 Å². The molecule has 0 N–H and O–H groups in total. The first-order chi connectivity index (χ1) is 1.41.